The van der Waals surface area contributed by atoms with Crippen molar-refractivity contribution in [2.45, 2.75) is 18.9 Å². The van der Waals surface area contributed by atoms with Crippen LogP contribution in [0.4, 0.5) is 5.82 Å². The average molecular weight is 396 g/mol. The standard InChI is InChI=1S/C20H24N6O3/c1-25-8-6-15(24-25)20(27)23-13-5-4-7-26(11-13)19-14-9-17(28-2)18(29-3)10-16(14)21-12-22-19/h6,8-10,12-13H,4-5,7,11H2,1-3H3,(H,23,27). The first-order valence-electron chi connectivity index (χ1n) is 9.51. The van der Waals surface area contributed by atoms with Gasteiger partial charge in [-0.3, -0.25) is 9.48 Å². The summed E-state index contributed by atoms with van der Waals surface area (Å²) in [7, 11) is 5.01. The van der Waals surface area contributed by atoms with Gasteiger partial charge in [0.2, 0.25) is 0 Å². The molecule has 0 bridgehead atoms. The number of ether oxygens (including phenoxy) is 2. The highest BCUT2D eigenvalue weighted by molar-refractivity contribution is 5.93. The van der Waals surface area contributed by atoms with Crippen LogP contribution in [0.25, 0.3) is 10.9 Å². The summed E-state index contributed by atoms with van der Waals surface area (Å²) < 4.78 is 12.4. The fourth-order valence-electron chi connectivity index (χ4n) is 3.70. The van der Waals surface area contributed by atoms with Gasteiger partial charge in [-0.25, -0.2) is 9.97 Å². The van der Waals surface area contributed by atoms with Gasteiger partial charge in [0, 0.05) is 43.8 Å². The first-order chi connectivity index (χ1) is 14.1. The SMILES string of the molecule is COc1cc2ncnc(N3CCCC(NC(=O)c4ccn(C)n4)C3)c2cc1OC. The normalized spacial score (nSPS) is 16.7. The molecule has 1 aliphatic heterocycles. The highest BCUT2D eigenvalue weighted by atomic mass is 16.5. The predicted molar refractivity (Wildman–Crippen MR) is 109 cm³/mol. The number of nitrogens with one attached hydrogen (secondary N) is 1. The molecule has 1 amide bonds. The second-order valence-electron chi connectivity index (χ2n) is 7.05. The Labute approximate surface area is 168 Å². The number of amides is 1. The van der Waals surface area contributed by atoms with Crippen molar-refractivity contribution >= 4 is 22.6 Å². The first-order valence-corrected chi connectivity index (χ1v) is 9.51. The lowest BCUT2D eigenvalue weighted by atomic mass is 10.0. The Morgan fingerprint density at radius 1 is 1.21 bits per heavy atom. The Kier molecular flexibility index (Phi) is 5.20. The van der Waals surface area contributed by atoms with Gasteiger partial charge in [-0.15, -0.1) is 0 Å². The fourth-order valence-corrected chi connectivity index (χ4v) is 3.70. The lowest BCUT2D eigenvalue weighted by molar-refractivity contribution is 0.0927. The number of aromatic nitrogens is 4. The quantitative estimate of drug-likeness (QED) is 0.702. The summed E-state index contributed by atoms with van der Waals surface area (Å²) in [6.45, 7) is 1.52. The van der Waals surface area contributed by atoms with Crippen LogP contribution < -0.4 is 19.7 Å². The third-order valence-corrected chi connectivity index (χ3v) is 5.12. The smallest absolute Gasteiger partial charge is 0.272 e. The van der Waals surface area contributed by atoms with Crippen LogP contribution in [0.2, 0.25) is 0 Å². The van der Waals surface area contributed by atoms with Crippen LogP contribution in [0.1, 0.15) is 23.3 Å². The maximum atomic E-state index is 12.5. The van der Waals surface area contributed by atoms with Gasteiger partial charge >= 0.3 is 0 Å². The van der Waals surface area contributed by atoms with Gasteiger partial charge in [-0.1, -0.05) is 0 Å². The molecule has 9 nitrogen and oxygen atoms in total. The largest absolute Gasteiger partial charge is 0.493 e. The van der Waals surface area contributed by atoms with E-state index in [9.17, 15) is 4.79 Å². The Balaban J connectivity index is 1.58. The molecule has 1 fully saturated rings. The lowest BCUT2D eigenvalue weighted by Gasteiger charge is -2.34. The van der Waals surface area contributed by atoms with E-state index in [4.69, 9.17) is 9.47 Å². The molecule has 1 aliphatic rings. The number of benzene rings is 1. The average Bonchev–Trinajstić information content (AvgIpc) is 3.19. The van der Waals surface area contributed by atoms with Crippen molar-refractivity contribution in [3.8, 4) is 11.5 Å². The molecule has 0 aliphatic carbocycles. The van der Waals surface area contributed by atoms with Crippen LogP contribution in [-0.2, 0) is 7.05 Å². The number of nitrogens with zero attached hydrogens (tertiary/aromatic N) is 5. The van der Waals surface area contributed by atoms with Gasteiger partial charge in [0.1, 0.15) is 17.8 Å². The number of aryl methyl sites for hydroxylation is 1. The Bertz CT molecular complexity index is 1030. The minimum absolute atomic E-state index is 0.0171. The van der Waals surface area contributed by atoms with Gasteiger partial charge in [0.15, 0.2) is 11.5 Å². The van der Waals surface area contributed by atoms with Crippen LogP contribution >= 0.6 is 0 Å². The molecule has 0 spiro atoms. The van der Waals surface area contributed by atoms with Crippen molar-refractivity contribution in [2.24, 2.45) is 7.05 Å². The Morgan fingerprint density at radius 2 is 2.00 bits per heavy atom. The van der Waals surface area contributed by atoms with E-state index in [1.807, 2.05) is 12.1 Å². The maximum absolute atomic E-state index is 12.5. The molecular weight excluding hydrogens is 372 g/mol. The van der Waals surface area contributed by atoms with Gasteiger partial charge < -0.3 is 19.7 Å². The zero-order valence-electron chi connectivity index (χ0n) is 16.8. The summed E-state index contributed by atoms with van der Waals surface area (Å²) in [4.78, 5) is 23.6. The van der Waals surface area contributed by atoms with Crippen LogP contribution in [-0.4, -0.2) is 59.0 Å². The summed E-state index contributed by atoms with van der Waals surface area (Å²) in [5, 5.41) is 8.16. The van der Waals surface area contributed by atoms with Crippen molar-refractivity contribution < 1.29 is 14.3 Å². The number of carbonyl (C=O) groups is 1. The minimum atomic E-state index is -0.156. The van der Waals surface area contributed by atoms with E-state index < -0.39 is 0 Å². The van der Waals surface area contributed by atoms with E-state index in [2.05, 4.69) is 25.3 Å². The number of methoxy groups -OCH3 is 2. The summed E-state index contributed by atoms with van der Waals surface area (Å²) in [6, 6.07) is 5.49. The molecule has 29 heavy (non-hydrogen) atoms. The minimum Gasteiger partial charge on any atom is -0.493 e. The molecular formula is C20H24N6O3. The van der Waals surface area contributed by atoms with Gasteiger partial charge in [-0.2, -0.15) is 5.10 Å². The van der Waals surface area contributed by atoms with E-state index in [0.29, 0.717) is 23.7 Å². The second kappa shape index (κ2) is 7.94. The van der Waals surface area contributed by atoms with Gasteiger partial charge in [0.25, 0.3) is 5.91 Å². The number of rotatable bonds is 5. The third kappa shape index (κ3) is 3.80. The zero-order chi connectivity index (χ0) is 20.4. The highest BCUT2D eigenvalue weighted by Gasteiger charge is 2.25. The van der Waals surface area contributed by atoms with E-state index in [-0.39, 0.29) is 11.9 Å². The zero-order valence-corrected chi connectivity index (χ0v) is 16.8. The summed E-state index contributed by atoms with van der Waals surface area (Å²) >= 11 is 0. The van der Waals surface area contributed by atoms with Crippen molar-refractivity contribution in [1.29, 1.82) is 0 Å². The monoisotopic (exact) mass is 396 g/mol. The molecule has 0 saturated carbocycles. The number of fused-ring (bicyclic) bond motifs is 1. The highest BCUT2D eigenvalue weighted by Crippen LogP contribution is 2.35. The maximum Gasteiger partial charge on any atom is 0.272 e. The molecule has 1 N–H and O–H groups in total. The van der Waals surface area contributed by atoms with Crippen molar-refractivity contribution in [3.05, 3.63) is 36.4 Å². The molecule has 4 rings (SSSR count). The molecule has 1 atom stereocenters. The number of hydrogen-bond acceptors (Lipinski definition) is 7. The molecule has 152 valence electrons. The van der Waals surface area contributed by atoms with E-state index in [0.717, 1.165) is 36.1 Å². The summed E-state index contributed by atoms with van der Waals surface area (Å²) in [5.74, 6) is 1.93. The molecule has 1 unspecified atom stereocenters. The predicted octanol–water partition coefficient (Wildman–Crippen LogP) is 1.78. The van der Waals surface area contributed by atoms with Crippen LogP contribution in [0.3, 0.4) is 0 Å². The van der Waals surface area contributed by atoms with Crippen LogP contribution in [0.5, 0.6) is 11.5 Å². The second-order valence-corrected chi connectivity index (χ2v) is 7.05. The van der Waals surface area contributed by atoms with Crippen LogP contribution in [0, 0.1) is 0 Å². The molecule has 3 heterocycles. The van der Waals surface area contributed by atoms with Crippen LogP contribution in [0.15, 0.2) is 30.7 Å². The molecule has 1 aromatic carbocycles. The summed E-state index contributed by atoms with van der Waals surface area (Å²) in [6.07, 6.45) is 5.18. The number of hydrogen-bond donors (Lipinski definition) is 1. The van der Waals surface area contributed by atoms with E-state index in [1.165, 1.54) is 0 Å². The van der Waals surface area contributed by atoms with E-state index >= 15 is 0 Å². The lowest BCUT2D eigenvalue weighted by Crippen LogP contribution is -2.48. The number of anilines is 1. The van der Waals surface area contributed by atoms with Gasteiger partial charge in [0.05, 0.1) is 19.7 Å². The topological polar surface area (TPSA) is 94.4 Å². The molecule has 9 heteroatoms. The summed E-state index contributed by atoms with van der Waals surface area (Å²) in [5.41, 5.74) is 1.21. The fraction of sp³-hybridized carbons (Fsp3) is 0.400. The molecule has 3 aromatic rings. The molecule has 0 radical (unpaired) electrons. The molecule has 1 saturated heterocycles. The van der Waals surface area contributed by atoms with Crippen molar-refractivity contribution in [2.75, 3.05) is 32.2 Å². The van der Waals surface area contributed by atoms with Crippen molar-refractivity contribution in [1.82, 2.24) is 25.1 Å². The van der Waals surface area contributed by atoms with Crippen molar-refractivity contribution in [3.63, 3.8) is 0 Å². The van der Waals surface area contributed by atoms with E-state index in [1.54, 1.807) is 44.5 Å². The first kappa shape index (κ1) is 19.0. The third-order valence-electron chi connectivity index (χ3n) is 5.12. The van der Waals surface area contributed by atoms with Gasteiger partial charge in [-0.05, 0) is 25.0 Å². The number of carbonyl (C=O) groups excluding carboxylic acids is 1. The number of piperidine rings is 1. The Morgan fingerprint density at radius 3 is 2.72 bits per heavy atom. The Hall–Kier alpha value is -3.36. The molecule has 2 aromatic heterocycles.